The SMILES string of the molecule is CC1=C(C)C([Si](C)(C)C(O)(c2ccccc2)c2ccccc2C)C(C)=C1C. The van der Waals surface area contributed by atoms with Crippen molar-refractivity contribution in [2.24, 2.45) is 0 Å². The number of aliphatic hydroxyl groups is 1. The van der Waals surface area contributed by atoms with Gasteiger partial charge in [0.2, 0.25) is 0 Å². The standard InChI is InChI=1S/C25H32OSi/c1-17-13-11-12-16-23(17)25(26,22-14-9-8-10-15-22)27(6,7)24-20(4)18(2)19(3)21(24)5/h8-16,24,26H,1-7H3. The average molecular weight is 377 g/mol. The molecule has 3 rings (SSSR count). The van der Waals surface area contributed by atoms with E-state index in [1.54, 1.807) is 0 Å². The molecule has 1 nitrogen and oxygen atoms in total. The largest absolute Gasteiger partial charge is 0.384 e. The molecule has 0 saturated carbocycles. The number of hydrogen-bond acceptors (Lipinski definition) is 1. The molecule has 1 N–H and O–H groups in total. The minimum absolute atomic E-state index is 0.335. The van der Waals surface area contributed by atoms with Gasteiger partial charge in [0, 0.05) is 5.54 Å². The Bertz CT molecular complexity index is 896. The molecule has 2 aromatic rings. The zero-order valence-corrected chi connectivity index (χ0v) is 18.7. The van der Waals surface area contributed by atoms with Crippen LogP contribution in [0.3, 0.4) is 0 Å². The molecule has 0 aromatic heterocycles. The van der Waals surface area contributed by atoms with E-state index in [2.05, 4.69) is 84.1 Å². The second-order valence-electron chi connectivity index (χ2n) is 8.66. The van der Waals surface area contributed by atoms with Crippen molar-refractivity contribution in [3.05, 3.63) is 93.6 Å². The summed E-state index contributed by atoms with van der Waals surface area (Å²) in [5.41, 5.74) is 9.22. The van der Waals surface area contributed by atoms with Crippen molar-refractivity contribution in [2.75, 3.05) is 0 Å². The van der Waals surface area contributed by atoms with Crippen molar-refractivity contribution in [1.82, 2.24) is 0 Å². The first-order valence-corrected chi connectivity index (χ1v) is 12.9. The summed E-state index contributed by atoms with van der Waals surface area (Å²) < 4.78 is 0. The van der Waals surface area contributed by atoms with Crippen LogP contribution in [0.15, 0.2) is 76.9 Å². The molecule has 0 amide bonds. The summed E-state index contributed by atoms with van der Waals surface area (Å²) in [6, 6.07) is 18.6. The quantitative estimate of drug-likeness (QED) is 0.601. The van der Waals surface area contributed by atoms with Crippen LogP contribution in [0, 0.1) is 6.92 Å². The zero-order valence-electron chi connectivity index (χ0n) is 17.7. The van der Waals surface area contributed by atoms with Crippen LogP contribution in [-0.4, -0.2) is 13.2 Å². The lowest BCUT2D eigenvalue weighted by atomic mass is 9.96. The van der Waals surface area contributed by atoms with Crippen LogP contribution >= 0.6 is 0 Å². The molecule has 142 valence electrons. The molecule has 0 fully saturated rings. The Labute approximate surface area is 165 Å². The molecular weight excluding hydrogens is 344 g/mol. The third-order valence-electron chi connectivity index (χ3n) is 6.99. The summed E-state index contributed by atoms with van der Waals surface area (Å²) >= 11 is 0. The van der Waals surface area contributed by atoms with Gasteiger partial charge in [0.15, 0.2) is 0 Å². The van der Waals surface area contributed by atoms with Crippen LogP contribution in [0.1, 0.15) is 44.4 Å². The minimum Gasteiger partial charge on any atom is -0.384 e. The fourth-order valence-electron chi connectivity index (χ4n) is 5.17. The molecule has 1 atom stereocenters. The van der Waals surface area contributed by atoms with E-state index in [1.807, 2.05) is 18.2 Å². The highest BCUT2D eigenvalue weighted by atomic mass is 28.3. The van der Waals surface area contributed by atoms with Crippen molar-refractivity contribution in [2.45, 2.75) is 58.5 Å². The Kier molecular flexibility index (Phi) is 5.09. The van der Waals surface area contributed by atoms with Crippen molar-refractivity contribution in [3.63, 3.8) is 0 Å². The molecule has 0 radical (unpaired) electrons. The van der Waals surface area contributed by atoms with Gasteiger partial charge in [-0.15, -0.1) is 0 Å². The van der Waals surface area contributed by atoms with Gasteiger partial charge in [-0.1, -0.05) is 78.8 Å². The van der Waals surface area contributed by atoms with Gasteiger partial charge in [-0.05, 0) is 62.5 Å². The second-order valence-corrected chi connectivity index (χ2v) is 13.4. The summed E-state index contributed by atoms with van der Waals surface area (Å²) in [6.07, 6.45) is 0. The Morgan fingerprint density at radius 3 is 1.74 bits per heavy atom. The number of allylic oxidation sites excluding steroid dienone is 4. The first-order valence-electron chi connectivity index (χ1n) is 9.83. The molecule has 27 heavy (non-hydrogen) atoms. The first-order chi connectivity index (χ1) is 12.6. The lowest BCUT2D eigenvalue weighted by molar-refractivity contribution is 0.156. The van der Waals surface area contributed by atoms with E-state index >= 15 is 0 Å². The molecule has 0 spiro atoms. The Balaban J connectivity index is 2.31. The highest BCUT2D eigenvalue weighted by Gasteiger charge is 2.55. The van der Waals surface area contributed by atoms with Gasteiger partial charge in [0.05, 0.1) is 0 Å². The van der Waals surface area contributed by atoms with Gasteiger partial charge in [-0.2, -0.15) is 0 Å². The molecule has 1 aliphatic rings. The van der Waals surface area contributed by atoms with Gasteiger partial charge >= 0.3 is 0 Å². The summed E-state index contributed by atoms with van der Waals surface area (Å²) in [5, 5.41) is 11.6. The minimum atomic E-state index is -2.31. The molecule has 2 aromatic carbocycles. The van der Waals surface area contributed by atoms with Gasteiger partial charge in [0.1, 0.15) is 13.3 Å². The van der Waals surface area contributed by atoms with Crippen LogP contribution in [-0.2, 0) is 5.22 Å². The van der Waals surface area contributed by atoms with Gasteiger partial charge in [0.25, 0.3) is 0 Å². The number of rotatable bonds is 4. The number of benzene rings is 2. The molecule has 2 heteroatoms. The third kappa shape index (κ3) is 2.86. The maximum absolute atomic E-state index is 12.5. The van der Waals surface area contributed by atoms with E-state index in [0.29, 0.717) is 5.54 Å². The average Bonchev–Trinajstić information content (AvgIpc) is 2.85. The third-order valence-corrected chi connectivity index (χ3v) is 11.7. The van der Waals surface area contributed by atoms with Crippen LogP contribution in [0.5, 0.6) is 0 Å². The predicted octanol–water partition coefficient (Wildman–Crippen LogP) is 6.54. The maximum Gasteiger partial charge on any atom is 0.108 e. The van der Waals surface area contributed by atoms with Crippen LogP contribution in [0.2, 0.25) is 18.6 Å². The van der Waals surface area contributed by atoms with Crippen molar-refractivity contribution >= 4 is 8.07 Å². The fourth-order valence-corrected chi connectivity index (χ4v) is 10.1. The van der Waals surface area contributed by atoms with E-state index in [0.717, 1.165) is 16.7 Å². The molecule has 1 aliphatic carbocycles. The lowest BCUT2D eigenvalue weighted by Gasteiger charge is -2.47. The monoisotopic (exact) mass is 376 g/mol. The smallest absolute Gasteiger partial charge is 0.108 e. The molecular formula is C25H32OSi. The highest BCUT2D eigenvalue weighted by Crippen LogP contribution is 2.54. The Hall–Kier alpha value is -1.90. The first kappa shape index (κ1) is 19.8. The van der Waals surface area contributed by atoms with Crippen molar-refractivity contribution < 1.29 is 5.11 Å². The second kappa shape index (κ2) is 6.92. The number of aryl methyl sites for hydroxylation is 1. The topological polar surface area (TPSA) is 20.2 Å². The predicted molar refractivity (Wildman–Crippen MR) is 119 cm³/mol. The van der Waals surface area contributed by atoms with E-state index in [4.69, 9.17) is 0 Å². The number of hydrogen-bond donors (Lipinski definition) is 1. The lowest BCUT2D eigenvalue weighted by Crippen LogP contribution is -2.56. The Morgan fingerprint density at radius 2 is 1.22 bits per heavy atom. The van der Waals surface area contributed by atoms with Crippen LogP contribution in [0.4, 0.5) is 0 Å². The zero-order chi connectivity index (χ0) is 20.0. The summed E-state index contributed by atoms with van der Waals surface area (Å²) in [4.78, 5) is 0. The molecule has 0 aliphatic heterocycles. The molecule has 0 heterocycles. The van der Waals surface area contributed by atoms with Gasteiger partial charge < -0.3 is 5.11 Å². The van der Waals surface area contributed by atoms with Crippen LogP contribution < -0.4 is 0 Å². The van der Waals surface area contributed by atoms with E-state index in [-0.39, 0.29) is 0 Å². The van der Waals surface area contributed by atoms with Crippen LogP contribution in [0.25, 0.3) is 0 Å². The van der Waals surface area contributed by atoms with E-state index in [9.17, 15) is 5.11 Å². The fraction of sp³-hybridized carbons (Fsp3) is 0.360. The van der Waals surface area contributed by atoms with Crippen molar-refractivity contribution in [1.29, 1.82) is 0 Å². The van der Waals surface area contributed by atoms with Gasteiger partial charge in [-0.25, -0.2) is 0 Å². The van der Waals surface area contributed by atoms with E-state index < -0.39 is 13.3 Å². The maximum atomic E-state index is 12.5. The molecule has 0 saturated heterocycles. The van der Waals surface area contributed by atoms with Gasteiger partial charge in [-0.3, -0.25) is 0 Å². The normalized spacial score (nSPS) is 18.2. The van der Waals surface area contributed by atoms with E-state index in [1.165, 1.54) is 22.3 Å². The Morgan fingerprint density at radius 1 is 0.741 bits per heavy atom. The summed E-state index contributed by atoms with van der Waals surface area (Å²) in [7, 11) is -2.31. The summed E-state index contributed by atoms with van der Waals surface area (Å²) in [5.74, 6) is 0. The molecule has 1 unspecified atom stereocenters. The molecule has 0 bridgehead atoms. The van der Waals surface area contributed by atoms with Crippen molar-refractivity contribution in [3.8, 4) is 0 Å². The summed E-state index contributed by atoms with van der Waals surface area (Å²) in [6.45, 7) is 15.8. The highest BCUT2D eigenvalue weighted by molar-refractivity contribution is 6.83.